The van der Waals surface area contributed by atoms with E-state index in [-0.39, 0.29) is 0 Å². The molecule has 12 aromatic carbocycles. The number of unbranched alkanes of at least 4 members (excludes halogenated alkanes) is 10. The number of aromatic nitrogens is 2. The van der Waals surface area contributed by atoms with Gasteiger partial charge in [-0.3, -0.25) is 0 Å². The molecule has 1 aliphatic rings. The van der Waals surface area contributed by atoms with Gasteiger partial charge in [-0.15, -0.1) is 0 Å². The van der Waals surface area contributed by atoms with Gasteiger partial charge in [0.15, 0.2) is 16.3 Å². The first-order valence-corrected chi connectivity index (χ1v) is 37.6. The van der Waals surface area contributed by atoms with Gasteiger partial charge in [-0.2, -0.15) is 0 Å². The van der Waals surface area contributed by atoms with Crippen LogP contribution in [0.5, 0.6) is 23.0 Å². The minimum absolute atomic E-state index is 0.722. The Hall–Kier alpha value is -9.70. The molecule has 482 valence electrons. The molecule has 97 heavy (non-hydrogen) atoms. The van der Waals surface area contributed by atoms with Crippen LogP contribution in [0.15, 0.2) is 291 Å². The normalized spacial score (nSPS) is 12.5. The predicted molar refractivity (Wildman–Crippen MR) is 410 cm³/mol. The van der Waals surface area contributed by atoms with E-state index >= 15 is 0 Å². The number of rotatable bonds is 28. The lowest BCUT2D eigenvalue weighted by Crippen LogP contribution is -2.29. The van der Waals surface area contributed by atoms with Crippen molar-refractivity contribution in [3.8, 4) is 45.5 Å². The molecule has 0 fully saturated rings. The molecule has 0 N–H and O–H groups in total. The molecule has 15 rings (SSSR count). The summed E-state index contributed by atoms with van der Waals surface area (Å²) in [5, 5.41) is 9.25. The van der Waals surface area contributed by atoms with E-state index in [1.54, 1.807) is 0 Å². The lowest BCUT2D eigenvalue weighted by molar-refractivity contribution is 0.304. The molecule has 0 amide bonds. The summed E-state index contributed by atoms with van der Waals surface area (Å²) in [6.07, 6.45) is 14.7. The highest BCUT2D eigenvalue weighted by molar-refractivity contribution is 7.69. The molecule has 0 spiro atoms. The van der Waals surface area contributed by atoms with Gasteiger partial charge in [0.25, 0.3) is 0 Å². The fraction of sp³-hybridized carbons (Fsp3) is 0.191. The molecule has 0 saturated heterocycles. The summed E-state index contributed by atoms with van der Waals surface area (Å²) in [5.41, 5.74) is 12.6. The Morgan fingerprint density at radius 1 is 0.289 bits per heavy atom. The van der Waals surface area contributed by atoms with Gasteiger partial charge in [-0.25, -0.2) is 0 Å². The summed E-state index contributed by atoms with van der Waals surface area (Å²) in [5.74, 6) is 3.40. The molecule has 0 unspecified atom stereocenters. The second-order valence-electron chi connectivity index (χ2n) is 25.7. The largest absolute Gasteiger partial charge is 0.494 e. The fourth-order valence-corrected chi connectivity index (χ4v) is 18.1. The third-order valence-electron chi connectivity index (χ3n) is 19.4. The van der Waals surface area contributed by atoms with Crippen LogP contribution >= 0.6 is 16.3 Å². The molecule has 2 heterocycles. The first kappa shape index (κ1) is 63.4. The van der Waals surface area contributed by atoms with Crippen LogP contribution in [0.4, 0.5) is 0 Å². The predicted octanol–water partition coefficient (Wildman–Crippen LogP) is 22.6. The van der Waals surface area contributed by atoms with Crippen LogP contribution in [0, 0.1) is 0 Å². The molecular formula is C89H82N2O4P2. The van der Waals surface area contributed by atoms with Crippen molar-refractivity contribution in [2.45, 2.75) is 96.3 Å². The van der Waals surface area contributed by atoms with Gasteiger partial charge >= 0.3 is 0 Å². The van der Waals surface area contributed by atoms with Crippen molar-refractivity contribution >= 4 is 81.1 Å². The Morgan fingerprint density at radius 2 is 0.619 bits per heavy atom. The Labute approximate surface area is 573 Å². The topological polar surface area (TPSA) is 46.8 Å². The van der Waals surface area contributed by atoms with E-state index in [1.807, 2.05) is 0 Å². The Balaban J connectivity index is 0.930. The number of fused-ring (bicyclic) bond motifs is 9. The zero-order valence-corrected chi connectivity index (χ0v) is 57.3. The molecule has 14 aromatic rings. The van der Waals surface area contributed by atoms with E-state index in [4.69, 9.17) is 18.5 Å². The molecule has 0 saturated carbocycles. The maximum Gasteiger partial charge on any atom is 0.150 e. The quantitative estimate of drug-likeness (QED) is 0.0362. The molecule has 0 aliphatic heterocycles. The highest BCUT2D eigenvalue weighted by Gasteiger charge is 2.48. The maximum absolute atomic E-state index is 7.54. The zero-order valence-electron chi connectivity index (χ0n) is 55.5. The summed E-state index contributed by atoms with van der Waals surface area (Å²) in [7, 11) is -2.55. The Bertz CT molecular complexity index is 4580. The van der Waals surface area contributed by atoms with Crippen molar-refractivity contribution in [3.05, 3.63) is 313 Å². The minimum Gasteiger partial charge on any atom is -0.494 e. The summed E-state index contributed by atoms with van der Waals surface area (Å²) >= 11 is 0. The van der Waals surface area contributed by atoms with Gasteiger partial charge in [-0.1, -0.05) is 260 Å². The lowest BCUT2D eigenvalue weighted by atomic mass is 9.67. The van der Waals surface area contributed by atoms with E-state index in [0.717, 1.165) is 148 Å². The van der Waals surface area contributed by atoms with Gasteiger partial charge in [0.2, 0.25) is 0 Å². The highest BCUT2D eigenvalue weighted by Crippen LogP contribution is 2.60. The molecule has 2 aromatic heterocycles. The van der Waals surface area contributed by atoms with E-state index in [0.29, 0.717) is 0 Å². The van der Waals surface area contributed by atoms with Crippen molar-refractivity contribution < 1.29 is 18.5 Å². The molecule has 1 aliphatic carbocycles. The molecule has 0 bridgehead atoms. The lowest BCUT2D eigenvalue weighted by Gasteiger charge is -2.35. The minimum atomic E-state index is -1.28. The van der Waals surface area contributed by atoms with Gasteiger partial charge in [0, 0.05) is 54.1 Å². The summed E-state index contributed by atoms with van der Waals surface area (Å²) in [6.45, 7) is 5.98. The van der Waals surface area contributed by atoms with E-state index in [2.05, 4.69) is 314 Å². The summed E-state index contributed by atoms with van der Waals surface area (Å²) in [4.78, 5) is 0. The van der Waals surface area contributed by atoms with Crippen LogP contribution in [0.1, 0.15) is 113 Å². The molecule has 6 nitrogen and oxygen atoms in total. The van der Waals surface area contributed by atoms with Gasteiger partial charge in [0.1, 0.15) is 23.0 Å². The molecular weight excluding hydrogens is 1220 g/mol. The summed E-state index contributed by atoms with van der Waals surface area (Å²) in [6, 6.07) is 106. The first-order chi connectivity index (χ1) is 48.0. The van der Waals surface area contributed by atoms with Crippen molar-refractivity contribution in [1.82, 2.24) is 9.13 Å². The second-order valence-corrected chi connectivity index (χ2v) is 29.3. The first-order valence-electron chi connectivity index (χ1n) is 35.1. The second kappa shape index (κ2) is 29.3. The summed E-state index contributed by atoms with van der Waals surface area (Å²) < 4.78 is 32.6. The average Bonchev–Trinajstić information content (AvgIpc) is 1.54. The van der Waals surface area contributed by atoms with Crippen LogP contribution in [0.3, 0.4) is 0 Å². The van der Waals surface area contributed by atoms with Crippen LogP contribution in [0.2, 0.25) is 0 Å². The number of ether oxygens (including phenoxy) is 2. The van der Waals surface area contributed by atoms with Crippen LogP contribution in [0.25, 0.3) is 66.1 Å². The van der Waals surface area contributed by atoms with E-state index < -0.39 is 21.7 Å². The zero-order chi connectivity index (χ0) is 65.3. The maximum atomic E-state index is 7.54. The van der Waals surface area contributed by atoms with Gasteiger partial charge in [-0.05, 0) is 155 Å². The van der Waals surface area contributed by atoms with Gasteiger partial charge in [0.05, 0.1) is 40.7 Å². The van der Waals surface area contributed by atoms with E-state index in [9.17, 15) is 0 Å². The monoisotopic (exact) mass is 1300 g/mol. The SMILES string of the molecule is CCCCCCCCOc1ccc(-n2c3ccccc3c3cc(C4(c5ccc6c(c5)c5ccccc5n6-c5ccc(OCCCCCCCC)cc5)c5cc(OP(c6ccccc6)c6ccccc6)ccc5-c5ccc(OP(c6ccccc6)c6ccccc6)cc54)ccc32)cc1. The average molecular weight is 1310 g/mol. The Kier molecular flexibility index (Phi) is 19.2. The standard InChI is InChI=1S/C89H82N2O4P2/c1-3-5-7-9-11-29-59-92-69-49-45-67(46-50-69)90-85-41-27-25-39-79(85)81-61-65(43-57-87(81)90)89(66-44-58-88-82(62-66)80-40-26-28-42-86(80)91(88)68-47-51-70(52-48-68)93-60-30-12-10-8-6-4-2)83-63-71(94-96(73-31-17-13-18-32-73)74-33-19-14-20-34-74)53-55-77(83)78-56-54-72(64-84(78)89)95-97(75-35-21-15-22-36-75)76-37-23-16-24-38-76/h13-28,31-58,61-64H,3-12,29-30,59-60H2,1-2H3. The van der Waals surface area contributed by atoms with E-state index in [1.165, 1.54) is 75.0 Å². The van der Waals surface area contributed by atoms with Crippen molar-refractivity contribution in [2.75, 3.05) is 13.2 Å². The number of hydrogen-bond donors (Lipinski definition) is 0. The smallest absolute Gasteiger partial charge is 0.150 e. The van der Waals surface area contributed by atoms with Crippen molar-refractivity contribution in [2.24, 2.45) is 0 Å². The Morgan fingerprint density at radius 3 is 1.00 bits per heavy atom. The molecule has 8 heteroatoms. The van der Waals surface area contributed by atoms with Crippen molar-refractivity contribution in [3.63, 3.8) is 0 Å². The highest BCUT2D eigenvalue weighted by atomic mass is 31.1. The van der Waals surface area contributed by atoms with Gasteiger partial charge < -0.3 is 27.7 Å². The van der Waals surface area contributed by atoms with Crippen LogP contribution in [-0.4, -0.2) is 22.3 Å². The number of benzene rings is 12. The van der Waals surface area contributed by atoms with Crippen LogP contribution in [-0.2, 0) is 5.41 Å². The van der Waals surface area contributed by atoms with Crippen LogP contribution < -0.4 is 39.7 Å². The third-order valence-corrected chi connectivity index (χ3v) is 23.2. The molecule has 0 radical (unpaired) electrons. The van der Waals surface area contributed by atoms with Crippen molar-refractivity contribution in [1.29, 1.82) is 0 Å². The number of nitrogens with zero attached hydrogens (tertiary/aromatic N) is 2. The number of hydrogen-bond acceptors (Lipinski definition) is 4. The third kappa shape index (κ3) is 12.9. The molecule has 0 atom stereocenters. The number of para-hydroxylation sites is 2. The fourth-order valence-electron chi connectivity index (χ4n) is 14.7.